The van der Waals surface area contributed by atoms with Crippen molar-refractivity contribution in [3.05, 3.63) is 35.9 Å². The maximum absolute atomic E-state index is 9.99. The van der Waals surface area contributed by atoms with Crippen LogP contribution in [0.5, 0.6) is 5.75 Å². The second-order valence-corrected chi connectivity index (χ2v) is 4.92. The van der Waals surface area contributed by atoms with Gasteiger partial charge in [0.15, 0.2) is 0 Å². The molecule has 1 rings (SSSR count). The predicted molar refractivity (Wildman–Crippen MR) is 85.0 cm³/mol. The highest BCUT2D eigenvalue weighted by Gasteiger charge is 2.11. The summed E-state index contributed by atoms with van der Waals surface area (Å²) >= 11 is 0. The van der Waals surface area contributed by atoms with Crippen molar-refractivity contribution in [1.82, 2.24) is 5.32 Å². The molecule has 2 atom stereocenters. The van der Waals surface area contributed by atoms with E-state index in [1.54, 1.807) is 0 Å². The Kier molecular flexibility index (Phi) is 8.00. The molecule has 112 valence electrons. The average molecular weight is 277 g/mol. The molecule has 0 heterocycles. The Labute approximate surface area is 122 Å². The van der Waals surface area contributed by atoms with Gasteiger partial charge in [-0.05, 0) is 37.6 Å². The average Bonchev–Trinajstić information content (AvgIpc) is 2.48. The molecule has 0 spiro atoms. The topological polar surface area (TPSA) is 41.5 Å². The number of nitrogens with one attached hydrogen (secondary N) is 1. The molecular formula is C17H27NO2. The van der Waals surface area contributed by atoms with Gasteiger partial charge in [-0.25, -0.2) is 0 Å². The van der Waals surface area contributed by atoms with Gasteiger partial charge in [0.1, 0.15) is 5.75 Å². The van der Waals surface area contributed by atoms with Crippen LogP contribution in [-0.2, 0) is 0 Å². The lowest BCUT2D eigenvalue weighted by molar-refractivity contribution is 0.174. The summed E-state index contributed by atoms with van der Waals surface area (Å²) in [5.41, 5.74) is 1.07. The third-order valence-corrected chi connectivity index (χ3v) is 3.36. The molecule has 0 aromatic heterocycles. The lowest BCUT2D eigenvalue weighted by Gasteiger charge is -2.17. The summed E-state index contributed by atoms with van der Waals surface area (Å²) in [5, 5.41) is 13.1. The van der Waals surface area contributed by atoms with E-state index in [2.05, 4.69) is 19.2 Å². The fourth-order valence-electron chi connectivity index (χ4n) is 1.97. The van der Waals surface area contributed by atoms with Crippen molar-refractivity contribution in [3.63, 3.8) is 0 Å². The minimum absolute atomic E-state index is 0.0999. The Balaban J connectivity index is 2.52. The van der Waals surface area contributed by atoms with Crippen molar-refractivity contribution in [1.29, 1.82) is 0 Å². The Bertz CT molecular complexity index is 382. The molecule has 1 aromatic carbocycles. The van der Waals surface area contributed by atoms with Gasteiger partial charge in [-0.3, -0.25) is 0 Å². The van der Waals surface area contributed by atoms with Crippen LogP contribution < -0.4 is 10.1 Å². The van der Waals surface area contributed by atoms with Crippen LogP contribution in [0, 0.1) is 0 Å². The Morgan fingerprint density at radius 3 is 2.50 bits per heavy atom. The summed E-state index contributed by atoms with van der Waals surface area (Å²) in [6, 6.07) is 8.05. The first-order valence-electron chi connectivity index (χ1n) is 7.47. The number of benzene rings is 1. The molecule has 0 radical (unpaired) electrons. The maximum atomic E-state index is 9.99. The van der Waals surface area contributed by atoms with Gasteiger partial charge in [-0.15, -0.1) is 0 Å². The van der Waals surface area contributed by atoms with E-state index >= 15 is 0 Å². The van der Waals surface area contributed by atoms with Crippen LogP contribution in [-0.4, -0.2) is 30.9 Å². The van der Waals surface area contributed by atoms with E-state index in [0.29, 0.717) is 0 Å². The third-order valence-electron chi connectivity index (χ3n) is 3.36. The molecule has 2 N–H and O–H groups in total. The second-order valence-electron chi connectivity index (χ2n) is 4.92. The number of ether oxygens (including phenoxy) is 1. The molecule has 3 nitrogen and oxygen atoms in total. The van der Waals surface area contributed by atoms with Crippen LogP contribution >= 0.6 is 0 Å². The van der Waals surface area contributed by atoms with Crippen molar-refractivity contribution < 1.29 is 9.84 Å². The smallest absolute Gasteiger partial charge is 0.119 e. The minimum Gasteiger partial charge on any atom is -0.494 e. The summed E-state index contributed by atoms with van der Waals surface area (Å²) in [7, 11) is 1.87. The SMILES string of the molecule is CCCCOc1ccc(/C=C/[C@H](O)[C@@H](CC)NC)cc1. The molecule has 0 aliphatic rings. The highest BCUT2D eigenvalue weighted by atomic mass is 16.5. The van der Waals surface area contributed by atoms with Gasteiger partial charge in [0.05, 0.1) is 12.7 Å². The summed E-state index contributed by atoms with van der Waals surface area (Å²) in [4.78, 5) is 0. The number of unbranched alkanes of at least 4 members (excludes halogenated alkanes) is 1. The first kappa shape index (κ1) is 16.7. The van der Waals surface area contributed by atoms with Gasteiger partial charge in [0.2, 0.25) is 0 Å². The zero-order valence-electron chi connectivity index (χ0n) is 12.8. The largest absolute Gasteiger partial charge is 0.494 e. The van der Waals surface area contributed by atoms with Gasteiger partial charge in [0.25, 0.3) is 0 Å². The molecular weight excluding hydrogens is 250 g/mol. The number of rotatable bonds is 9. The quantitative estimate of drug-likeness (QED) is 0.681. The fraction of sp³-hybridized carbons (Fsp3) is 0.529. The van der Waals surface area contributed by atoms with Crippen molar-refractivity contribution in [2.24, 2.45) is 0 Å². The van der Waals surface area contributed by atoms with Crippen molar-refractivity contribution >= 4 is 6.08 Å². The van der Waals surface area contributed by atoms with E-state index in [1.807, 2.05) is 43.5 Å². The zero-order valence-corrected chi connectivity index (χ0v) is 12.8. The summed E-state index contributed by atoms with van der Waals surface area (Å²) in [6.07, 6.45) is 6.43. The lowest BCUT2D eigenvalue weighted by atomic mass is 10.1. The van der Waals surface area contributed by atoms with Crippen molar-refractivity contribution in [3.8, 4) is 5.75 Å². The lowest BCUT2D eigenvalue weighted by Crippen LogP contribution is -2.35. The van der Waals surface area contributed by atoms with Crippen LogP contribution in [0.15, 0.2) is 30.3 Å². The number of likely N-dealkylation sites (N-methyl/N-ethyl adjacent to an activating group) is 1. The van der Waals surface area contributed by atoms with Gasteiger partial charge < -0.3 is 15.2 Å². The third kappa shape index (κ3) is 5.76. The summed E-state index contributed by atoms with van der Waals surface area (Å²) in [5.74, 6) is 0.901. The van der Waals surface area contributed by atoms with E-state index in [-0.39, 0.29) is 6.04 Å². The van der Waals surface area contributed by atoms with Crippen molar-refractivity contribution in [2.75, 3.05) is 13.7 Å². The molecule has 0 fully saturated rings. The molecule has 0 saturated carbocycles. The van der Waals surface area contributed by atoms with E-state index in [1.165, 1.54) is 0 Å². The molecule has 0 aliphatic carbocycles. The van der Waals surface area contributed by atoms with E-state index < -0.39 is 6.10 Å². The highest BCUT2D eigenvalue weighted by Crippen LogP contribution is 2.14. The maximum Gasteiger partial charge on any atom is 0.119 e. The first-order chi connectivity index (χ1) is 9.71. The Morgan fingerprint density at radius 2 is 1.95 bits per heavy atom. The molecule has 0 saturated heterocycles. The molecule has 0 amide bonds. The molecule has 0 bridgehead atoms. The molecule has 3 heteroatoms. The number of aliphatic hydroxyl groups is 1. The molecule has 20 heavy (non-hydrogen) atoms. The normalized spacial score (nSPS) is 14.4. The van der Waals surface area contributed by atoms with Crippen LogP contribution in [0.4, 0.5) is 0 Å². The Morgan fingerprint density at radius 1 is 1.25 bits per heavy atom. The Hall–Kier alpha value is -1.32. The van der Waals surface area contributed by atoms with E-state index in [4.69, 9.17) is 4.74 Å². The molecule has 0 unspecified atom stereocenters. The number of hydrogen-bond acceptors (Lipinski definition) is 3. The van der Waals surface area contributed by atoms with Crippen molar-refractivity contribution in [2.45, 2.75) is 45.3 Å². The fourth-order valence-corrected chi connectivity index (χ4v) is 1.97. The van der Waals surface area contributed by atoms with Crippen LogP contribution in [0.1, 0.15) is 38.7 Å². The molecule has 0 aliphatic heterocycles. The standard InChI is InChI=1S/C17H27NO2/c1-4-6-13-20-15-10-7-14(8-11-15)9-12-17(19)16(5-2)18-3/h7-12,16-19H,4-6,13H2,1-3H3/b12-9+/t16-,17+/m1/s1. The molecule has 1 aromatic rings. The highest BCUT2D eigenvalue weighted by molar-refractivity contribution is 5.51. The predicted octanol–water partition coefficient (Wildman–Crippen LogP) is 3.24. The van der Waals surface area contributed by atoms with Crippen LogP contribution in [0.3, 0.4) is 0 Å². The number of aliphatic hydroxyl groups excluding tert-OH is 1. The monoisotopic (exact) mass is 277 g/mol. The summed E-state index contributed by atoms with van der Waals surface area (Å²) < 4.78 is 5.62. The van der Waals surface area contributed by atoms with Crippen LogP contribution in [0.2, 0.25) is 0 Å². The summed E-state index contributed by atoms with van der Waals surface area (Å²) in [6.45, 7) is 4.97. The van der Waals surface area contributed by atoms with E-state index in [0.717, 1.165) is 37.2 Å². The number of hydrogen-bond donors (Lipinski definition) is 2. The van der Waals surface area contributed by atoms with Gasteiger partial charge in [-0.1, -0.05) is 44.6 Å². The zero-order chi connectivity index (χ0) is 14.8. The van der Waals surface area contributed by atoms with E-state index in [9.17, 15) is 5.11 Å². The minimum atomic E-state index is -0.467. The van der Waals surface area contributed by atoms with Gasteiger partial charge in [-0.2, -0.15) is 0 Å². The second kappa shape index (κ2) is 9.56. The van der Waals surface area contributed by atoms with Crippen LogP contribution in [0.25, 0.3) is 6.08 Å². The van der Waals surface area contributed by atoms with Gasteiger partial charge in [0, 0.05) is 6.04 Å². The first-order valence-corrected chi connectivity index (χ1v) is 7.47. The van der Waals surface area contributed by atoms with Gasteiger partial charge >= 0.3 is 0 Å².